The predicted molar refractivity (Wildman–Crippen MR) is 280 cm³/mol. The molecule has 6 aliphatic rings. The van der Waals surface area contributed by atoms with Crippen LogP contribution in [0.5, 0.6) is 0 Å². The van der Waals surface area contributed by atoms with E-state index >= 15 is 0 Å². The third-order valence-corrected chi connectivity index (χ3v) is 18.7. The molecule has 10 atom stereocenters. The third kappa shape index (κ3) is 11.4. The van der Waals surface area contributed by atoms with Crippen LogP contribution in [0.25, 0.3) is 0 Å². The Morgan fingerprint density at radius 3 is 2.53 bits per heavy atom. The number of carbonyl (C=O) groups is 1. The summed E-state index contributed by atoms with van der Waals surface area (Å²) in [4.78, 5) is 12.6. The van der Waals surface area contributed by atoms with Gasteiger partial charge in [0.1, 0.15) is 12.4 Å². The summed E-state index contributed by atoms with van der Waals surface area (Å²) < 4.78 is 11.9. The van der Waals surface area contributed by atoms with Gasteiger partial charge in [0.25, 0.3) is 0 Å². The monoisotopic (exact) mass is 967 g/mol. The molecule has 2 spiro atoms. The summed E-state index contributed by atoms with van der Waals surface area (Å²) in [6.45, 7) is 10.7. The lowest BCUT2D eigenvalue weighted by atomic mass is 9.45. The van der Waals surface area contributed by atoms with Crippen molar-refractivity contribution < 1.29 is 39.8 Å². The summed E-state index contributed by atoms with van der Waals surface area (Å²) in [7, 11) is 3.71. The Labute approximate surface area is 420 Å². The van der Waals surface area contributed by atoms with Crippen LogP contribution in [-0.4, -0.2) is 115 Å². The molecule has 10 nitrogen and oxygen atoms in total. The van der Waals surface area contributed by atoms with Crippen LogP contribution in [0.1, 0.15) is 134 Å². The number of fused-ring (bicyclic) bond motifs is 6. The molecule has 1 heterocycles. The van der Waals surface area contributed by atoms with Crippen LogP contribution < -0.4 is 10.6 Å². The van der Waals surface area contributed by atoms with Crippen molar-refractivity contribution in [3.8, 4) is 0 Å². The van der Waals surface area contributed by atoms with E-state index in [2.05, 4.69) is 78.3 Å². The number of nitrogens with one attached hydrogen (secondary N) is 2. The van der Waals surface area contributed by atoms with Gasteiger partial charge in [0.15, 0.2) is 0 Å². The lowest BCUT2D eigenvalue weighted by Crippen LogP contribution is -2.65. The van der Waals surface area contributed by atoms with Gasteiger partial charge in [0.2, 0.25) is 0 Å². The number of hydrogen-bond donors (Lipinski definition) is 7. The normalized spacial score (nSPS) is 34.8. The molecule has 0 unspecified atom stereocenters. The largest absolute Gasteiger partial charge is 0.396 e. The van der Waals surface area contributed by atoms with E-state index in [9.17, 15) is 30.3 Å². The van der Waals surface area contributed by atoms with E-state index in [-0.39, 0.29) is 54.4 Å². The highest BCUT2D eigenvalue weighted by Gasteiger charge is 2.68. The van der Waals surface area contributed by atoms with Crippen molar-refractivity contribution >= 4 is 6.29 Å². The molecule has 0 radical (unpaired) electrons. The Balaban J connectivity index is 1.26. The van der Waals surface area contributed by atoms with Crippen LogP contribution in [0.4, 0.5) is 0 Å². The number of hydrogen-bond acceptors (Lipinski definition) is 10. The maximum absolute atomic E-state index is 13.1. The van der Waals surface area contributed by atoms with E-state index < -0.39 is 35.7 Å². The first kappa shape index (κ1) is 54.7. The summed E-state index contributed by atoms with van der Waals surface area (Å²) in [6.07, 6.45) is 29.3. The number of allylic oxidation sites excluding steroid dienone is 9. The van der Waals surface area contributed by atoms with Crippen LogP contribution in [0.2, 0.25) is 0 Å². The zero-order valence-corrected chi connectivity index (χ0v) is 43.3. The van der Waals surface area contributed by atoms with E-state index in [1.54, 1.807) is 0 Å². The van der Waals surface area contributed by atoms with Gasteiger partial charge in [-0.15, -0.1) is 0 Å². The molecular weight excluding hydrogens is 877 g/mol. The highest BCUT2D eigenvalue weighted by Crippen LogP contribution is 2.67. The standard InChI is InChI=1S/C60H90N2O8/c1-42-20-23-53(57(26-10-7-11-27-57)50-19-13-15-45(34-50)35-58(62-37-42,30-33-69-5)49-17-8-6-9-18-49)43(2)14-12-16-48(40-70-41-51(66)39-65)52-24-28-60(56(52)67)55-46(25-32-63)21-22-47(54(55)44(3)38-64)36-59(60,68)29-31-61-4/h12-16,19-22,34,38,46-47,49,51-53,55-56,61-63,65-68H,2,6-11,17-18,23-33,35-37,39-41H2,1,3-5H3/b14-12+,42-20+,48-16-,54-44?/t46-,47-,51+,52-,53-,55-,56+,58-,59+,60+/m0/s1. The molecule has 4 bridgehead atoms. The first-order valence-corrected chi connectivity index (χ1v) is 27.3. The molecule has 1 aliphatic heterocycles. The second-order valence-electron chi connectivity index (χ2n) is 22.7. The van der Waals surface area contributed by atoms with E-state index in [0.717, 1.165) is 68.3 Å². The lowest BCUT2D eigenvalue weighted by molar-refractivity contribution is -0.194. The Morgan fingerprint density at radius 2 is 1.81 bits per heavy atom. The third-order valence-electron chi connectivity index (χ3n) is 18.7. The van der Waals surface area contributed by atoms with Gasteiger partial charge in [0.05, 0.1) is 31.5 Å². The molecular formula is C60H90N2O8. The van der Waals surface area contributed by atoms with Crippen LogP contribution in [0, 0.1) is 40.9 Å². The highest BCUT2D eigenvalue weighted by atomic mass is 16.5. The average Bonchev–Trinajstić information content (AvgIpc) is 3.72. The summed E-state index contributed by atoms with van der Waals surface area (Å²) in [5.74, 6) is -0.329. The smallest absolute Gasteiger partial charge is 0.145 e. The van der Waals surface area contributed by atoms with E-state index in [1.165, 1.54) is 68.1 Å². The van der Waals surface area contributed by atoms with Gasteiger partial charge in [0, 0.05) is 55.1 Å². The number of aldehydes is 1. The molecule has 7 rings (SSSR count). The van der Waals surface area contributed by atoms with Crippen molar-refractivity contribution in [2.24, 2.45) is 40.9 Å². The van der Waals surface area contributed by atoms with Crippen LogP contribution >= 0.6 is 0 Å². The minimum atomic E-state index is -1.27. The number of ether oxygens (including phenoxy) is 2. The van der Waals surface area contributed by atoms with Gasteiger partial charge in [-0.25, -0.2) is 0 Å². The van der Waals surface area contributed by atoms with Gasteiger partial charge >= 0.3 is 0 Å². The number of methoxy groups -OCH3 is 1. The first-order chi connectivity index (χ1) is 33.9. The van der Waals surface area contributed by atoms with Crippen molar-refractivity contribution in [1.82, 2.24) is 10.6 Å². The SMILES string of the molecule is C=C(/C=C/C=C(/COC[C@H](O)CO)[C@@H]1CC[C@]2([C@@H]1O)[C@@H]1C(=C(C)C=O)[C@@H](C=C[C@H]1CCO)C[C@]2(O)CCNC)[C@@H]1C/C=C(\C)CN[C@](CCOC)(C2CCCCC2)Cc2cccc(c2)C12CCCCC2. The number of benzene rings is 1. The molecule has 1 aromatic rings. The molecule has 1 aromatic carbocycles. The summed E-state index contributed by atoms with van der Waals surface area (Å²) in [6, 6.07) is 9.58. The maximum Gasteiger partial charge on any atom is 0.145 e. The lowest BCUT2D eigenvalue weighted by Gasteiger charge is -2.61. The number of rotatable bonds is 19. The number of aliphatic hydroxyl groups excluding tert-OH is 4. The van der Waals surface area contributed by atoms with Crippen molar-refractivity contribution in [3.63, 3.8) is 0 Å². The minimum Gasteiger partial charge on any atom is -0.396 e. The number of carbonyl (C=O) groups excluding carboxylic acids is 1. The van der Waals surface area contributed by atoms with Gasteiger partial charge in [-0.05, 0) is 150 Å². The average molecular weight is 967 g/mol. The molecule has 0 aromatic heterocycles. The van der Waals surface area contributed by atoms with Gasteiger partial charge in [-0.1, -0.05) is 123 Å². The van der Waals surface area contributed by atoms with Crippen molar-refractivity contribution in [3.05, 3.63) is 106 Å². The fourth-order valence-electron chi connectivity index (χ4n) is 15.2. The second kappa shape index (κ2) is 24.8. The predicted octanol–water partition coefficient (Wildman–Crippen LogP) is 8.57. The van der Waals surface area contributed by atoms with Crippen LogP contribution in [0.15, 0.2) is 95.2 Å². The van der Waals surface area contributed by atoms with Crippen molar-refractivity contribution in [2.75, 3.05) is 60.3 Å². The molecule has 0 saturated heterocycles. The molecule has 5 aliphatic carbocycles. The quantitative estimate of drug-likeness (QED) is 0.0310. The molecule has 4 saturated carbocycles. The Kier molecular flexibility index (Phi) is 19.4. The second-order valence-corrected chi connectivity index (χ2v) is 22.7. The Hall–Kier alpha value is -3.03. The molecule has 10 heteroatoms. The molecule has 4 fully saturated rings. The maximum atomic E-state index is 13.1. The zero-order valence-electron chi connectivity index (χ0n) is 43.3. The summed E-state index contributed by atoms with van der Waals surface area (Å²) >= 11 is 0. The highest BCUT2D eigenvalue weighted by molar-refractivity contribution is 5.74. The Bertz CT molecular complexity index is 2060. The molecule has 388 valence electrons. The van der Waals surface area contributed by atoms with Gasteiger partial charge in [-0.2, -0.15) is 0 Å². The van der Waals surface area contributed by atoms with Gasteiger partial charge in [-0.3, -0.25) is 4.79 Å². The van der Waals surface area contributed by atoms with E-state index in [4.69, 9.17) is 16.1 Å². The van der Waals surface area contributed by atoms with Crippen LogP contribution in [-0.2, 0) is 26.1 Å². The fourth-order valence-corrected chi connectivity index (χ4v) is 15.2. The molecule has 7 N–H and O–H groups in total. The van der Waals surface area contributed by atoms with Crippen molar-refractivity contribution in [1.29, 1.82) is 0 Å². The summed E-state index contributed by atoms with van der Waals surface area (Å²) in [5, 5.41) is 64.1. The molecule has 0 amide bonds. The van der Waals surface area contributed by atoms with Gasteiger partial charge < -0.3 is 45.6 Å². The Morgan fingerprint density at radius 1 is 1.04 bits per heavy atom. The number of aliphatic hydroxyl groups is 5. The molecule has 70 heavy (non-hydrogen) atoms. The minimum absolute atomic E-state index is 0.0435. The van der Waals surface area contributed by atoms with E-state index in [1.807, 2.05) is 21.1 Å². The first-order valence-electron chi connectivity index (χ1n) is 27.3. The van der Waals surface area contributed by atoms with E-state index in [0.29, 0.717) is 50.1 Å². The summed E-state index contributed by atoms with van der Waals surface area (Å²) in [5.41, 5.74) is 5.26. The zero-order chi connectivity index (χ0) is 49.9. The fraction of sp³-hybridized carbons (Fsp3) is 0.683. The van der Waals surface area contributed by atoms with Crippen LogP contribution in [0.3, 0.4) is 0 Å². The van der Waals surface area contributed by atoms with Crippen molar-refractivity contribution in [2.45, 2.75) is 158 Å². The topological polar surface area (TPSA) is 161 Å².